The van der Waals surface area contributed by atoms with E-state index in [-0.39, 0.29) is 25.7 Å². The number of hydrogen-bond donors (Lipinski definition) is 3. The van der Waals surface area contributed by atoms with Crippen LogP contribution >= 0.6 is 15.6 Å². The molecular weight excluding hydrogens is 1230 g/mol. The summed E-state index contributed by atoms with van der Waals surface area (Å²) in [5.74, 6) is -2.16. The molecule has 0 bridgehead atoms. The van der Waals surface area contributed by atoms with Crippen molar-refractivity contribution in [3.63, 3.8) is 0 Å². The molecule has 19 heteroatoms. The Bertz CT molecular complexity index is 1930. The van der Waals surface area contributed by atoms with E-state index in [0.717, 1.165) is 141 Å². The van der Waals surface area contributed by atoms with E-state index in [1.807, 2.05) is 0 Å². The van der Waals surface area contributed by atoms with E-state index in [1.165, 1.54) is 141 Å². The van der Waals surface area contributed by atoms with Crippen molar-refractivity contribution >= 4 is 39.5 Å². The highest BCUT2D eigenvalue weighted by Gasteiger charge is 2.30. The van der Waals surface area contributed by atoms with Crippen molar-refractivity contribution in [1.82, 2.24) is 0 Å². The third-order valence-corrected chi connectivity index (χ3v) is 18.5. The van der Waals surface area contributed by atoms with Gasteiger partial charge in [0.1, 0.15) is 19.3 Å². The average molecular weight is 1380 g/mol. The molecule has 5 atom stereocenters. The van der Waals surface area contributed by atoms with Crippen molar-refractivity contribution < 1.29 is 80.2 Å². The SMILES string of the molecule is CCC/C=C\C/C=C\CCCCCCCC(=O)OCC(COP(=O)(O)OCC(O)COP(=O)(O)OCC(COC(=O)CCCCCCC/C=C\CCCCCCCC)OC(=O)CCCCCCCCCCCCCCCCC)OC(=O)CCCCCCCCCCCCC. The van der Waals surface area contributed by atoms with Crippen molar-refractivity contribution in [2.75, 3.05) is 39.6 Å². The average Bonchev–Trinajstić information content (AvgIpc) is 1.22. The predicted molar refractivity (Wildman–Crippen MR) is 381 cm³/mol. The van der Waals surface area contributed by atoms with E-state index in [2.05, 4.69) is 64.2 Å². The summed E-state index contributed by atoms with van der Waals surface area (Å²) in [5, 5.41) is 10.6. The molecule has 0 aromatic rings. The van der Waals surface area contributed by atoms with Crippen LogP contribution < -0.4 is 0 Å². The minimum Gasteiger partial charge on any atom is -0.462 e. The first kappa shape index (κ1) is 91.3. The lowest BCUT2D eigenvalue weighted by atomic mass is 10.0. The van der Waals surface area contributed by atoms with Crippen LogP contribution in [0.25, 0.3) is 0 Å². The number of carbonyl (C=O) groups is 4. The van der Waals surface area contributed by atoms with Gasteiger partial charge in [-0.15, -0.1) is 0 Å². The van der Waals surface area contributed by atoms with Gasteiger partial charge in [-0.2, -0.15) is 0 Å². The van der Waals surface area contributed by atoms with Gasteiger partial charge in [0.05, 0.1) is 26.4 Å². The van der Waals surface area contributed by atoms with E-state index >= 15 is 0 Å². The molecule has 5 unspecified atom stereocenters. The van der Waals surface area contributed by atoms with Gasteiger partial charge in [0, 0.05) is 25.7 Å². The molecule has 0 amide bonds. The highest BCUT2D eigenvalue weighted by molar-refractivity contribution is 7.47. The Morgan fingerprint density at radius 3 is 0.840 bits per heavy atom. The molecule has 0 aliphatic carbocycles. The lowest BCUT2D eigenvalue weighted by molar-refractivity contribution is -0.161. The van der Waals surface area contributed by atoms with Gasteiger partial charge in [0.15, 0.2) is 12.2 Å². The first-order chi connectivity index (χ1) is 45.7. The van der Waals surface area contributed by atoms with Crippen LogP contribution in [0, 0.1) is 0 Å². The van der Waals surface area contributed by atoms with Crippen LogP contribution in [-0.4, -0.2) is 96.7 Å². The Balaban J connectivity index is 5.29. The highest BCUT2D eigenvalue weighted by atomic mass is 31.2. The zero-order valence-corrected chi connectivity index (χ0v) is 61.9. The largest absolute Gasteiger partial charge is 0.472 e. The number of esters is 4. The van der Waals surface area contributed by atoms with Crippen molar-refractivity contribution in [2.45, 2.75) is 380 Å². The summed E-state index contributed by atoms with van der Waals surface area (Å²) < 4.78 is 68.4. The number of rotatable bonds is 73. The number of phosphoric ester groups is 2. The summed E-state index contributed by atoms with van der Waals surface area (Å²) in [6.07, 6.45) is 62.8. The Labute approximate surface area is 573 Å². The topological polar surface area (TPSA) is 237 Å². The van der Waals surface area contributed by atoms with E-state index in [0.29, 0.717) is 25.7 Å². The Kier molecular flexibility index (Phi) is 66.8. The number of unbranched alkanes of at least 4 members (excludes halogenated alkanes) is 41. The fraction of sp³-hybridized carbons (Fsp3) is 0.867. The van der Waals surface area contributed by atoms with Crippen LogP contribution in [0.4, 0.5) is 0 Å². The smallest absolute Gasteiger partial charge is 0.462 e. The number of ether oxygens (including phenoxy) is 4. The van der Waals surface area contributed by atoms with Crippen LogP contribution in [0.15, 0.2) is 36.5 Å². The summed E-state index contributed by atoms with van der Waals surface area (Å²) >= 11 is 0. The normalized spacial score (nSPS) is 14.2. The Hall–Kier alpha value is -2.72. The summed E-state index contributed by atoms with van der Waals surface area (Å²) in [6.45, 7) is 4.84. The predicted octanol–water partition coefficient (Wildman–Crippen LogP) is 21.6. The van der Waals surface area contributed by atoms with E-state index in [4.69, 9.17) is 37.0 Å². The Morgan fingerprint density at radius 1 is 0.298 bits per heavy atom. The maximum absolute atomic E-state index is 13.1. The zero-order valence-electron chi connectivity index (χ0n) is 60.2. The lowest BCUT2D eigenvalue weighted by Gasteiger charge is -2.21. The number of aliphatic hydroxyl groups is 1. The van der Waals surface area contributed by atoms with E-state index in [9.17, 15) is 43.2 Å². The molecule has 17 nitrogen and oxygen atoms in total. The van der Waals surface area contributed by atoms with Crippen molar-refractivity contribution in [3.05, 3.63) is 36.5 Å². The fourth-order valence-electron chi connectivity index (χ4n) is 10.7. The molecule has 0 aromatic heterocycles. The monoisotopic (exact) mass is 1370 g/mol. The van der Waals surface area contributed by atoms with Gasteiger partial charge in [-0.3, -0.25) is 37.3 Å². The minimum absolute atomic E-state index is 0.0995. The minimum atomic E-state index is -4.96. The van der Waals surface area contributed by atoms with Gasteiger partial charge in [-0.25, -0.2) is 9.13 Å². The molecule has 94 heavy (non-hydrogen) atoms. The molecule has 0 rings (SSSR count). The molecule has 0 spiro atoms. The van der Waals surface area contributed by atoms with Crippen LogP contribution in [0.1, 0.15) is 362 Å². The molecule has 3 N–H and O–H groups in total. The molecule has 552 valence electrons. The Morgan fingerprint density at radius 2 is 0.543 bits per heavy atom. The second-order valence-corrected chi connectivity index (χ2v) is 28.9. The fourth-order valence-corrected chi connectivity index (χ4v) is 12.3. The summed E-state index contributed by atoms with van der Waals surface area (Å²) in [4.78, 5) is 72.7. The standard InChI is InChI=1S/C75H140O17P2/c1-5-9-13-17-21-25-29-32-34-37-41-44-48-52-56-60-73(78)86-66-71(92-75(80)62-58-54-50-46-42-38-35-33-30-26-22-18-14-10-6-2)68-90-94(83,84)88-64-69(76)63-87-93(81,82)89-67-70(91-74(79)61-57-53-49-45-39-28-24-20-16-12-8-4)65-85-72(77)59-55-51-47-43-40-36-31-27-23-19-15-11-7-3/h15,19,27,31-32,34,69-71,76H,5-14,16-18,20-26,28-30,33,35-68H2,1-4H3,(H,81,82)(H,83,84)/b19-15-,31-27-,34-32-. The number of carbonyl (C=O) groups excluding carboxylic acids is 4. The van der Waals surface area contributed by atoms with Gasteiger partial charge in [-0.1, -0.05) is 295 Å². The molecule has 0 radical (unpaired) electrons. The maximum Gasteiger partial charge on any atom is 0.472 e. The third kappa shape index (κ3) is 67.8. The van der Waals surface area contributed by atoms with Crippen molar-refractivity contribution in [2.24, 2.45) is 0 Å². The van der Waals surface area contributed by atoms with Crippen LogP contribution in [0.2, 0.25) is 0 Å². The van der Waals surface area contributed by atoms with Gasteiger partial charge in [0.2, 0.25) is 0 Å². The number of allylic oxidation sites excluding steroid dienone is 6. The summed E-state index contributed by atoms with van der Waals surface area (Å²) in [6, 6.07) is 0. The van der Waals surface area contributed by atoms with Crippen LogP contribution in [0.3, 0.4) is 0 Å². The van der Waals surface area contributed by atoms with Crippen molar-refractivity contribution in [1.29, 1.82) is 0 Å². The first-order valence-electron chi connectivity index (χ1n) is 38.2. The molecule has 0 aliphatic rings. The molecule has 0 aliphatic heterocycles. The van der Waals surface area contributed by atoms with Gasteiger partial charge >= 0.3 is 39.5 Å². The summed E-state index contributed by atoms with van der Waals surface area (Å²) in [7, 11) is -9.92. The highest BCUT2D eigenvalue weighted by Crippen LogP contribution is 2.45. The van der Waals surface area contributed by atoms with Gasteiger partial charge < -0.3 is 33.8 Å². The number of phosphoric acid groups is 2. The van der Waals surface area contributed by atoms with Crippen LogP contribution in [-0.2, 0) is 65.4 Å². The molecule has 0 saturated carbocycles. The maximum atomic E-state index is 13.1. The zero-order chi connectivity index (χ0) is 69.0. The number of hydrogen-bond acceptors (Lipinski definition) is 15. The van der Waals surface area contributed by atoms with Crippen molar-refractivity contribution in [3.8, 4) is 0 Å². The molecular formula is C75H140O17P2. The van der Waals surface area contributed by atoms with E-state index in [1.54, 1.807) is 0 Å². The van der Waals surface area contributed by atoms with Gasteiger partial charge in [0.25, 0.3) is 0 Å². The quantitative estimate of drug-likeness (QED) is 0.0169. The lowest BCUT2D eigenvalue weighted by Crippen LogP contribution is -2.30. The first-order valence-corrected chi connectivity index (χ1v) is 41.2. The third-order valence-electron chi connectivity index (χ3n) is 16.6. The second kappa shape index (κ2) is 68.8. The molecule has 0 fully saturated rings. The number of aliphatic hydroxyl groups excluding tert-OH is 1. The van der Waals surface area contributed by atoms with E-state index < -0.39 is 97.5 Å². The van der Waals surface area contributed by atoms with Crippen LogP contribution in [0.5, 0.6) is 0 Å². The second-order valence-electron chi connectivity index (χ2n) is 26.0. The summed E-state index contributed by atoms with van der Waals surface area (Å²) in [5.41, 5.74) is 0. The molecule has 0 saturated heterocycles. The molecule has 0 aromatic carbocycles. The molecule has 0 heterocycles. The van der Waals surface area contributed by atoms with Gasteiger partial charge in [-0.05, 0) is 77.0 Å².